The maximum Gasteiger partial charge on any atom is 0.338 e. The van der Waals surface area contributed by atoms with Crippen molar-refractivity contribution in [3.8, 4) is 11.3 Å². The van der Waals surface area contributed by atoms with Gasteiger partial charge < -0.3 is 14.0 Å². The number of carbonyl (C=O) groups excluding carboxylic acids is 1. The summed E-state index contributed by atoms with van der Waals surface area (Å²) < 4.78 is 17.6. The summed E-state index contributed by atoms with van der Waals surface area (Å²) in [4.78, 5) is 25.1. The number of rotatable bonds is 7. The Balaban J connectivity index is 1.14. The van der Waals surface area contributed by atoms with E-state index in [2.05, 4.69) is 15.0 Å². The molecule has 0 unspecified atom stereocenters. The van der Waals surface area contributed by atoms with Gasteiger partial charge in [-0.25, -0.2) is 9.64 Å². The van der Waals surface area contributed by atoms with Crippen molar-refractivity contribution in [3.63, 3.8) is 0 Å². The molecule has 4 aromatic rings. The van der Waals surface area contributed by atoms with Crippen molar-refractivity contribution in [3.05, 3.63) is 80.7 Å². The molecule has 0 N–H and O–H groups in total. The zero-order chi connectivity index (χ0) is 29.1. The second kappa shape index (κ2) is 10.3. The normalized spacial score (nSPS) is 23.2. The van der Waals surface area contributed by atoms with E-state index in [9.17, 15) is 4.79 Å². The van der Waals surface area contributed by atoms with Crippen LogP contribution in [0.3, 0.4) is 0 Å². The minimum Gasteiger partial charge on any atom is -0.465 e. The number of esters is 1. The predicted molar refractivity (Wildman–Crippen MR) is 158 cm³/mol. The van der Waals surface area contributed by atoms with Crippen LogP contribution in [0.5, 0.6) is 0 Å². The van der Waals surface area contributed by atoms with Crippen LogP contribution in [0.2, 0.25) is 10.0 Å². The van der Waals surface area contributed by atoms with Crippen molar-refractivity contribution in [1.82, 2.24) is 15.1 Å². The number of carbonyl (C=O) groups is 1. The van der Waals surface area contributed by atoms with Crippen LogP contribution in [0.4, 0.5) is 5.69 Å². The van der Waals surface area contributed by atoms with Crippen LogP contribution >= 0.6 is 23.2 Å². The minimum absolute atomic E-state index is 0.0838. The lowest BCUT2D eigenvalue weighted by Gasteiger charge is -2.53. The second-order valence-electron chi connectivity index (χ2n) is 11.7. The summed E-state index contributed by atoms with van der Waals surface area (Å²) in [6.45, 7) is 8.04. The Morgan fingerprint density at radius 3 is 2.43 bits per heavy atom. The third-order valence-electron chi connectivity index (χ3n) is 9.46. The highest BCUT2D eigenvalue weighted by Gasteiger charge is 2.51. The number of benzene rings is 1. The highest BCUT2D eigenvalue weighted by molar-refractivity contribution is 6.38. The fourth-order valence-corrected chi connectivity index (χ4v) is 7.36. The summed E-state index contributed by atoms with van der Waals surface area (Å²) >= 11 is 13.0. The molecule has 42 heavy (non-hydrogen) atoms. The molecule has 3 aromatic heterocycles. The maximum absolute atomic E-state index is 12.4. The minimum atomic E-state index is -0.434. The van der Waals surface area contributed by atoms with Crippen LogP contribution in [0, 0.1) is 6.57 Å². The first kappa shape index (κ1) is 27.3. The van der Waals surface area contributed by atoms with Crippen LogP contribution < -0.4 is 0 Å². The first-order valence-electron chi connectivity index (χ1n) is 14.2. The molecule has 0 radical (unpaired) electrons. The summed E-state index contributed by atoms with van der Waals surface area (Å²) in [6.07, 6.45) is 10.8. The lowest BCUT2D eigenvalue weighted by molar-refractivity contribution is -0.127. The van der Waals surface area contributed by atoms with Crippen molar-refractivity contribution >= 4 is 45.8 Å². The van der Waals surface area contributed by atoms with E-state index in [0.717, 1.165) is 68.4 Å². The number of halogens is 2. The smallest absolute Gasteiger partial charge is 0.338 e. The highest BCUT2D eigenvalue weighted by Crippen LogP contribution is 2.56. The Bertz CT molecular complexity index is 1730. The Hall–Kier alpha value is -3.51. The average molecular weight is 604 g/mol. The van der Waals surface area contributed by atoms with Gasteiger partial charge in [0.2, 0.25) is 5.69 Å². The molecule has 0 spiro atoms. The van der Waals surface area contributed by atoms with Gasteiger partial charge in [0.25, 0.3) is 0 Å². The number of hydrogen-bond donors (Lipinski definition) is 0. The molecular formula is C32H28Cl2N4O4. The number of methoxy groups -OCH3 is 1. The van der Waals surface area contributed by atoms with Gasteiger partial charge in [0.1, 0.15) is 11.5 Å². The van der Waals surface area contributed by atoms with Gasteiger partial charge in [0.05, 0.1) is 47.0 Å². The molecule has 0 aliphatic heterocycles. The van der Waals surface area contributed by atoms with Gasteiger partial charge >= 0.3 is 5.97 Å². The average Bonchev–Trinajstić information content (AvgIpc) is 3.79. The summed E-state index contributed by atoms with van der Waals surface area (Å²) in [7, 11) is 1.36. The van der Waals surface area contributed by atoms with E-state index < -0.39 is 5.97 Å². The first-order chi connectivity index (χ1) is 20.4. The topological polar surface area (TPSA) is 91.7 Å². The summed E-state index contributed by atoms with van der Waals surface area (Å²) in [5.41, 5.74) is 4.26. The monoisotopic (exact) mass is 602 g/mol. The molecule has 0 amide bonds. The standard InChI is InChI=1S/C32H28Cl2N4O4/c1-35-24-7-5-20(30(39)40-2)19-6-8-25(37-27(19)24)31-9-12-32(13-10-31,14-11-31)41-17-21-28(38-42-29(21)18-3-4-18)26-22(33)15-36-16-23(26)34/h5-8,15-16,18H,3-4,9-14,17H2,2H3. The third-order valence-corrected chi connectivity index (χ3v) is 10.0. The maximum atomic E-state index is 12.4. The van der Waals surface area contributed by atoms with Crippen LogP contribution in [-0.2, 0) is 21.5 Å². The molecule has 214 valence electrons. The van der Waals surface area contributed by atoms with Crippen molar-refractivity contribution in [2.24, 2.45) is 0 Å². The molecule has 4 aliphatic carbocycles. The Labute approximate surface area is 253 Å². The molecule has 3 heterocycles. The largest absolute Gasteiger partial charge is 0.465 e. The van der Waals surface area contributed by atoms with E-state index in [4.69, 9.17) is 48.8 Å². The fraction of sp³-hybridized carbons (Fsp3) is 0.406. The van der Waals surface area contributed by atoms with Crippen molar-refractivity contribution in [1.29, 1.82) is 0 Å². The molecule has 10 heteroatoms. The Kier molecular flexibility index (Phi) is 6.73. The first-order valence-corrected chi connectivity index (χ1v) is 14.9. The Morgan fingerprint density at radius 1 is 1.07 bits per heavy atom. The molecule has 8 rings (SSSR count). The molecule has 8 nitrogen and oxygen atoms in total. The number of nitrogens with zero attached hydrogens (tertiary/aromatic N) is 4. The second-order valence-corrected chi connectivity index (χ2v) is 12.5. The quantitative estimate of drug-likeness (QED) is 0.155. The van der Waals surface area contributed by atoms with Gasteiger partial charge in [-0.3, -0.25) is 9.97 Å². The number of pyridine rings is 2. The zero-order valence-electron chi connectivity index (χ0n) is 23.1. The Morgan fingerprint density at radius 2 is 1.79 bits per heavy atom. The van der Waals surface area contributed by atoms with E-state index in [-0.39, 0.29) is 11.0 Å². The predicted octanol–water partition coefficient (Wildman–Crippen LogP) is 8.37. The fourth-order valence-electron chi connectivity index (χ4n) is 6.82. The van der Waals surface area contributed by atoms with E-state index in [1.807, 2.05) is 12.1 Å². The summed E-state index contributed by atoms with van der Waals surface area (Å²) in [5.74, 6) is 0.788. The van der Waals surface area contributed by atoms with Gasteiger partial charge in [-0.2, -0.15) is 0 Å². The van der Waals surface area contributed by atoms with Crippen LogP contribution in [-0.4, -0.2) is 33.8 Å². The van der Waals surface area contributed by atoms with Crippen molar-refractivity contribution in [2.45, 2.75) is 74.9 Å². The number of aromatic nitrogens is 3. The molecule has 2 bridgehead atoms. The molecule has 0 atom stereocenters. The zero-order valence-corrected chi connectivity index (χ0v) is 24.6. The van der Waals surface area contributed by atoms with Crippen LogP contribution in [0.15, 0.2) is 41.2 Å². The van der Waals surface area contributed by atoms with E-state index in [1.165, 1.54) is 7.11 Å². The van der Waals surface area contributed by atoms with Crippen molar-refractivity contribution in [2.75, 3.05) is 7.11 Å². The number of fused-ring (bicyclic) bond motifs is 4. The molecule has 4 fully saturated rings. The van der Waals surface area contributed by atoms with Crippen molar-refractivity contribution < 1.29 is 18.8 Å². The van der Waals surface area contributed by atoms with Crippen LogP contribution in [0.1, 0.15) is 84.7 Å². The molecular weight excluding hydrogens is 575 g/mol. The molecule has 0 saturated heterocycles. The molecule has 4 saturated carbocycles. The van der Waals surface area contributed by atoms with Gasteiger partial charge in [-0.1, -0.05) is 46.6 Å². The summed E-state index contributed by atoms with van der Waals surface area (Å²) in [5, 5.41) is 5.90. The highest BCUT2D eigenvalue weighted by atomic mass is 35.5. The van der Waals surface area contributed by atoms with E-state index >= 15 is 0 Å². The SMILES string of the molecule is [C-]#[N+]c1ccc(C(=O)OC)c2ccc(C34CCC(OCc5c(-c6c(Cl)cncc6Cl)noc5C5CC5)(CC3)CC4)nc12. The number of hydrogen-bond acceptors (Lipinski definition) is 7. The number of ether oxygens (including phenoxy) is 2. The van der Waals surface area contributed by atoms with Gasteiger partial charge in [-0.15, -0.1) is 0 Å². The summed E-state index contributed by atoms with van der Waals surface area (Å²) in [6, 6.07) is 7.23. The van der Waals surface area contributed by atoms with E-state index in [0.29, 0.717) is 56.0 Å². The third kappa shape index (κ3) is 4.46. The van der Waals surface area contributed by atoms with Gasteiger partial charge in [0.15, 0.2) is 0 Å². The molecule has 4 aliphatic rings. The van der Waals surface area contributed by atoms with Crippen LogP contribution in [0.25, 0.3) is 27.0 Å². The lowest BCUT2D eigenvalue weighted by Crippen LogP contribution is -2.50. The molecule has 1 aromatic carbocycles. The van der Waals surface area contributed by atoms with E-state index in [1.54, 1.807) is 24.5 Å². The lowest BCUT2D eigenvalue weighted by atomic mass is 9.57. The van der Waals surface area contributed by atoms with Gasteiger partial charge in [-0.05, 0) is 57.4 Å². The van der Waals surface area contributed by atoms with Gasteiger partial charge in [0, 0.05) is 45.9 Å².